The number of amides is 5. The Morgan fingerprint density at radius 3 is 2.09 bits per heavy atom. The van der Waals surface area contributed by atoms with Gasteiger partial charge in [0.2, 0.25) is 11.8 Å². The number of carbonyl (C=O) groups is 6. The molecule has 0 aromatic rings. The summed E-state index contributed by atoms with van der Waals surface area (Å²) in [7, 11) is 0. The highest BCUT2D eigenvalue weighted by molar-refractivity contribution is 6.01. The first-order valence-corrected chi connectivity index (χ1v) is 11.8. The van der Waals surface area contributed by atoms with Crippen LogP contribution in [0.4, 0.5) is 4.79 Å². The number of ether oxygens (including phenoxy) is 1. The van der Waals surface area contributed by atoms with Crippen molar-refractivity contribution in [1.82, 2.24) is 21.0 Å². The van der Waals surface area contributed by atoms with Crippen molar-refractivity contribution in [2.45, 2.75) is 85.3 Å². The molecule has 1 aliphatic rings. The fourth-order valence-corrected chi connectivity index (χ4v) is 2.93. The van der Waals surface area contributed by atoms with Crippen LogP contribution in [0.3, 0.4) is 0 Å². The minimum atomic E-state index is -0.982. The van der Waals surface area contributed by atoms with Crippen LogP contribution in [0.25, 0.3) is 0 Å². The summed E-state index contributed by atoms with van der Waals surface area (Å²) in [5, 5.41) is 8.11. The van der Waals surface area contributed by atoms with E-state index >= 15 is 0 Å². The molecule has 12 nitrogen and oxygen atoms in total. The Hall–Kier alpha value is -3.18. The molecule has 1 heterocycles. The number of nitrogens with zero attached hydrogens (tertiary/aromatic N) is 1. The molecule has 1 saturated heterocycles. The highest BCUT2D eigenvalue weighted by Gasteiger charge is 2.33. The van der Waals surface area contributed by atoms with Crippen molar-refractivity contribution in [3.8, 4) is 0 Å². The molecule has 1 fully saturated rings. The molecule has 5 amide bonds. The zero-order valence-electron chi connectivity index (χ0n) is 21.4. The van der Waals surface area contributed by atoms with Crippen molar-refractivity contribution < 1.29 is 38.3 Å². The molecule has 0 saturated carbocycles. The molecule has 1 rings (SSSR count). The quantitative estimate of drug-likeness (QED) is 0.267. The van der Waals surface area contributed by atoms with Gasteiger partial charge in [-0.05, 0) is 46.0 Å². The maximum Gasteiger partial charge on any atom is 0.407 e. The molecule has 35 heavy (non-hydrogen) atoms. The second-order valence-corrected chi connectivity index (χ2v) is 9.78. The van der Waals surface area contributed by atoms with Crippen molar-refractivity contribution >= 4 is 35.7 Å². The second-order valence-electron chi connectivity index (χ2n) is 9.78. The number of unbranched alkanes of at least 4 members (excludes halogenated alkanes) is 1. The van der Waals surface area contributed by atoms with Gasteiger partial charge in [-0.25, -0.2) is 9.59 Å². The molecule has 0 aromatic heterocycles. The van der Waals surface area contributed by atoms with Crippen molar-refractivity contribution in [3.63, 3.8) is 0 Å². The lowest BCUT2D eigenvalue weighted by Gasteiger charge is -2.22. The van der Waals surface area contributed by atoms with E-state index in [4.69, 9.17) is 9.57 Å². The van der Waals surface area contributed by atoms with Crippen LogP contribution in [0.15, 0.2) is 0 Å². The zero-order valence-corrected chi connectivity index (χ0v) is 21.4. The van der Waals surface area contributed by atoms with E-state index < -0.39 is 48.0 Å². The Bertz CT molecular complexity index is 790. The van der Waals surface area contributed by atoms with Crippen LogP contribution in [0.5, 0.6) is 0 Å². The molecule has 0 unspecified atom stereocenters. The van der Waals surface area contributed by atoms with E-state index in [9.17, 15) is 28.8 Å². The maximum absolute atomic E-state index is 12.7. The molecule has 0 spiro atoms. The largest absolute Gasteiger partial charge is 0.444 e. The van der Waals surface area contributed by atoms with Crippen LogP contribution >= 0.6 is 0 Å². The van der Waals surface area contributed by atoms with E-state index in [-0.39, 0.29) is 37.0 Å². The summed E-state index contributed by atoms with van der Waals surface area (Å²) < 4.78 is 5.16. The maximum atomic E-state index is 12.7. The van der Waals surface area contributed by atoms with E-state index in [0.29, 0.717) is 24.4 Å². The van der Waals surface area contributed by atoms with Gasteiger partial charge in [0.05, 0.1) is 0 Å². The number of nitrogens with one attached hydrogen (secondary N) is 3. The normalized spacial score (nSPS) is 15.5. The predicted octanol–water partition coefficient (Wildman–Crippen LogP) is 1.18. The lowest BCUT2D eigenvalue weighted by Crippen LogP contribution is -2.50. The summed E-state index contributed by atoms with van der Waals surface area (Å²) in [6, 6.07) is -0.923. The summed E-state index contributed by atoms with van der Waals surface area (Å²) in [5.41, 5.74) is -0.610. The number of hydrogen-bond donors (Lipinski definition) is 3. The van der Waals surface area contributed by atoms with Gasteiger partial charge in [0, 0.05) is 25.3 Å². The summed E-state index contributed by atoms with van der Waals surface area (Å²) in [5.74, 6) is -3.42. The SMILES string of the molecule is CC(C)[C@H](C)C(=O)N[C@@H](CCCCNC(=O)OC(C)(C)C)C(=O)NCC(=O)ON1C(=O)CCC1=O. The van der Waals surface area contributed by atoms with Gasteiger partial charge < -0.3 is 25.5 Å². The molecule has 2 atom stereocenters. The van der Waals surface area contributed by atoms with Crippen LogP contribution in [0, 0.1) is 11.8 Å². The molecular weight excluding hydrogens is 460 g/mol. The van der Waals surface area contributed by atoms with Gasteiger partial charge in [0.25, 0.3) is 11.8 Å². The molecule has 0 aromatic carbocycles. The van der Waals surface area contributed by atoms with Gasteiger partial charge in [-0.3, -0.25) is 19.2 Å². The first kappa shape index (κ1) is 29.9. The summed E-state index contributed by atoms with van der Waals surface area (Å²) in [4.78, 5) is 76.7. The van der Waals surface area contributed by atoms with Crippen molar-refractivity contribution in [1.29, 1.82) is 0 Å². The minimum Gasteiger partial charge on any atom is -0.444 e. The standard InChI is InChI=1S/C23H38N4O8/c1-14(2)15(3)20(31)26-16(9-7-8-12-24-22(33)34-23(4,5)6)21(32)25-13-19(30)35-27-17(28)10-11-18(27)29/h14-16H,7-13H2,1-6H3,(H,24,33)(H,25,32)(H,26,31)/t15-,16-/m0/s1. The van der Waals surface area contributed by atoms with E-state index in [1.165, 1.54) is 0 Å². The van der Waals surface area contributed by atoms with Crippen molar-refractivity contribution in [2.24, 2.45) is 11.8 Å². The van der Waals surface area contributed by atoms with E-state index in [1.807, 2.05) is 13.8 Å². The summed E-state index contributed by atoms with van der Waals surface area (Å²) in [6.45, 7) is 10.5. The molecule has 1 aliphatic heterocycles. The van der Waals surface area contributed by atoms with Crippen LogP contribution < -0.4 is 16.0 Å². The van der Waals surface area contributed by atoms with Crippen molar-refractivity contribution in [3.05, 3.63) is 0 Å². The smallest absolute Gasteiger partial charge is 0.407 e. The Labute approximate surface area is 205 Å². The van der Waals surface area contributed by atoms with Crippen LogP contribution in [0.2, 0.25) is 0 Å². The van der Waals surface area contributed by atoms with E-state index in [1.54, 1.807) is 27.7 Å². The Morgan fingerprint density at radius 1 is 0.943 bits per heavy atom. The van der Waals surface area contributed by atoms with Gasteiger partial charge in [-0.1, -0.05) is 20.8 Å². The van der Waals surface area contributed by atoms with Gasteiger partial charge in [0.15, 0.2) is 0 Å². The molecule has 0 aliphatic carbocycles. The molecular formula is C23H38N4O8. The average Bonchev–Trinajstić information content (AvgIpc) is 3.06. The summed E-state index contributed by atoms with van der Waals surface area (Å²) >= 11 is 0. The number of imide groups is 1. The highest BCUT2D eigenvalue weighted by atomic mass is 16.7. The van der Waals surface area contributed by atoms with Gasteiger partial charge >= 0.3 is 12.1 Å². The van der Waals surface area contributed by atoms with E-state index in [2.05, 4.69) is 16.0 Å². The topological polar surface area (TPSA) is 160 Å². The first-order valence-electron chi connectivity index (χ1n) is 11.8. The minimum absolute atomic E-state index is 0.0383. The monoisotopic (exact) mass is 498 g/mol. The van der Waals surface area contributed by atoms with Gasteiger partial charge in [0.1, 0.15) is 18.2 Å². The Morgan fingerprint density at radius 2 is 1.54 bits per heavy atom. The number of hydrogen-bond acceptors (Lipinski definition) is 8. The Kier molecular flexibility index (Phi) is 11.6. The lowest BCUT2D eigenvalue weighted by atomic mass is 9.96. The fraction of sp³-hybridized carbons (Fsp3) is 0.739. The number of hydroxylamine groups is 2. The second kappa shape index (κ2) is 13.6. The van der Waals surface area contributed by atoms with Gasteiger partial charge in [-0.2, -0.15) is 0 Å². The molecule has 198 valence electrons. The van der Waals surface area contributed by atoms with Crippen molar-refractivity contribution in [2.75, 3.05) is 13.1 Å². The number of alkyl carbamates (subject to hydrolysis) is 1. The number of rotatable bonds is 12. The Balaban J connectivity index is 2.59. The third-order valence-electron chi connectivity index (χ3n) is 5.24. The zero-order chi connectivity index (χ0) is 26.8. The molecule has 12 heteroatoms. The highest BCUT2D eigenvalue weighted by Crippen LogP contribution is 2.13. The molecule has 0 radical (unpaired) electrons. The first-order chi connectivity index (χ1) is 16.2. The summed E-state index contributed by atoms with van der Waals surface area (Å²) in [6.07, 6.45) is 0.661. The third kappa shape index (κ3) is 11.2. The van der Waals surface area contributed by atoms with Crippen LogP contribution in [-0.4, -0.2) is 65.5 Å². The molecule has 0 bridgehead atoms. The number of carbonyl (C=O) groups excluding carboxylic acids is 6. The van der Waals surface area contributed by atoms with Crippen LogP contribution in [0.1, 0.15) is 73.6 Å². The fourth-order valence-electron chi connectivity index (χ4n) is 2.93. The average molecular weight is 499 g/mol. The van der Waals surface area contributed by atoms with E-state index in [0.717, 1.165) is 0 Å². The molecule has 3 N–H and O–H groups in total. The third-order valence-corrected chi connectivity index (χ3v) is 5.24. The lowest BCUT2D eigenvalue weighted by molar-refractivity contribution is -0.196. The van der Waals surface area contributed by atoms with Gasteiger partial charge in [-0.15, -0.1) is 5.06 Å². The van der Waals surface area contributed by atoms with Crippen LogP contribution in [-0.2, 0) is 33.5 Å². The predicted molar refractivity (Wildman–Crippen MR) is 124 cm³/mol.